The van der Waals surface area contributed by atoms with Crippen LogP contribution in [-0.2, 0) is 4.79 Å². The minimum atomic E-state index is -0.200. The minimum absolute atomic E-state index is 0.161. The Kier molecular flexibility index (Phi) is 5.23. The molecule has 24 heavy (non-hydrogen) atoms. The van der Waals surface area contributed by atoms with Crippen LogP contribution < -0.4 is 10.7 Å². The van der Waals surface area contributed by atoms with Crippen molar-refractivity contribution in [1.29, 1.82) is 0 Å². The molecule has 0 aromatic heterocycles. The molecule has 3 rings (SSSR count). The summed E-state index contributed by atoms with van der Waals surface area (Å²) in [7, 11) is 0. The first-order valence-corrected chi connectivity index (χ1v) is 8.30. The van der Waals surface area contributed by atoms with Crippen molar-refractivity contribution < 1.29 is 4.79 Å². The van der Waals surface area contributed by atoms with E-state index in [9.17, 15) is 4.79 Å². The third kappa shape index (κ3) is 4.43. The predicted molar refractivity (Wildman–Crippen MR) is 102 cm³/mol. The first kappa shape index (κ1) is 16.2. The van der Waals surface area contributed by atoms with Crippen LogP contribution >= 0.6 is 15.9 Å². The summed E-state index contributed by atoms with van der Waals surface area (Å²) in [4.78, 5) is 11.8. The fourth-order valence-electron chi connectivity index (χ4n) is 2.29. The zero-order chi connectivity index (χ0) is 16.8. The Morgan fingerprint density at radius 3 is 2.67 bits per heavy atom. The van der Waals surface area contributed by atoms with Gasteiger partial charge in [0.15, 0.2) is 0 Å². The maximum Gasteiger partial charge on any atom is 0.259 e. The van der Waals surface area contributed by atoms with Crippen LogP contribution in [0.5, 0.6) is 0 Å². The van der Waals surface area contributed by atoms with Crippen LogP contribution in [0.25, 0.3) is 10.8 Å². The number of anilines is 1. The molecular formula is C19H16BrN3O. The third-order valence-electron chi connectivity index (χ3n) is 3.45. The Morgan fingerprint density at radius 1 is 1.00 bits per heavy atom. The Balaban J connectivity index is 1.53. The smallest absolute Gasteiger partial charge is 0.259 e. The molecule has 0 saturated carbocycles. The van der Waals surface area contributed by atoms with E-state index >= 15 is 0 Å². The van der Waals surface area contributed by atoms with Gasteiger partial charge in [-0.15, -0.1) is 0 Å². The maximum atomic E-state index is 11.8. The number of hydrazone groups is 1. The average molecular weight is 382 g/mol. The van der Waals surface area contributed by atoms with E-state index in [1.807, 2.05) is 60.7 Å². The summed E-state index contributed by atoms with van der Waals surface area (Å²) < 4.78 is 0.968. The SMILES string of the molecule is O=C(CNc1ccc2ccccc2c1)N/N=C/c1cccc(Br)c1. The molecule has 0 atom stereocenters. The minimum Gasteiger partial charge on any atom is -0.376 e. The Hall–Kier alpha value is -2.66. The van der Waals surface area contributed by atoms with Gasteiger partial charge in [0.2, 0.25) is 0 Å². The molecule has 0 fully saturated rings. The van der Waals surface area contributed by atoms with Gasteiger partial charge in [0, 0.05) is 10.2 Å². The summed E-state index contributed by atoms with van der Waals surface area (Å²) in [6.45, 7) is 0.161. The number of halogens is 1. The van der Waals surface area contributed by atoms with Gasteiger partial charge in [-0.3, -0.25) is 4.79 Å². The summed E-state index contributed by atoms with van der Waals surface area (Å²) in [6, 6.07) is 21.8. The Morgan fingerprint density at radius 2 is 1.83 bits per heavy atom. The summed E-state index contributed by atoms with van der Waals surface area (Å²) in [5.41, 5.74) is 4.32. The highest BCUT2D eigenvalue weighted by Gasteiger charge is 2.00. The number of carbonyl (C=O) groups excluding carboxylic acids is 1. The number of rotatable bonds is 5. The zero-order valence-electron chi connectivity index (χ0n) is 12.9. The molecule has 2 N–H and O–H groups in total. The zero-order valence-corrected chi connectivity index (χ0v) is 14.5. The fraction of sp³-hybridized carbons (Fsp3) is 0.0526. The van der Waals surface area contributed by atoms with Gasteiger partial charge in [0.1, 0.15) is 0 Å². The predicted octanol–water partition coefficient (Wildman–Crippen LogP) is 4.16. The molecule has 4 nitrogen and oxygen atoms in total. The van der Waals surface area contributed by atoms with E-state index in [0.29, 0.717) is 0 Å². The first-order chi connectivity index (χ1) is 11.7. The number of hydrogen-bond acceptors (Lipinski definition) is 3. The molecule has 1 amide bonds. The molecule has 0 aliphatic heterocycles. The quantitative estimate of drug-likeness (QED) is 0.514. The molecule has 3 aromatic carbocycles. The monoisotopic (exact) mass is 381 g/mol. The van der Waals surface area contributed by atoms with Crippen LogP contribution in [0.4, 0.5) is 5.69 Å². The Labute approximate surface area is 148 Å². The van der Waals surface area contributed by atoms with Crippen molar-refractivity contribution in [2.24, 2.45) is 5.10 Å². The van der Waals surface area contributed by atoms with E-state index in [1.165, 1.54) is 5.39 Å². The van der Waals surface area contributed by atoms with Crippen LogP contribution in [0, 0.1) is 0 Å². The van der Waals surface area contributed by atoms with Crippen molar-refractivity contribution in [1.82, 2.24) is 5.43 Å². The lowest BCUT2D eigenvalue weighted by Gasteiger charge is -2.06. The highest BCUT2D eigenvalue weighted by atomic mass is 79.9. The van der Waals surface area contributed by atoms with Crippen LogP contribution in [0.15, 0.2) is 76.3 Å². The van der Waals surface area contributed by atoms with Crippen LogP contribution in [0.3, 0.4) is 0 Å². The third-order valence-corrected chi connectivity index (χ3v) is 3.95. The van der Waals surface area contributed by atoms with E-state index in [-0.39, 0.29) is 12.5 Å². The number of benzene rings is 3. The van der Waals surface area contributed by atoms with Crippen molar-refractivity contribution in [2.75, 3.05) is 11.9 Å². The van der Waals surface area contributed by atoms with E-state index < -0.39 is 0 Å². The number of carbonyl (C=O) groups is 1. The number of hydrogen-bond donors (Lipinski definition) is 2. The molecule has 0 aliphatic carbocycles. The van der Waals surface area contributed by atoms with Gasteiger partial charge in [-0.25, -0.2) is 5.43 Å². The normalized spacial score (nSPS) is 10.9. The lowest BCUT2D eigenvalue weighted by Crippen LogP contribution is -2.25. The van der Waals surface area contributed by atoms with Gasteiger partial charge in [-0.1, -0.05) is 58.4 Å². The molecule has 0 saturated heterocycles. The standard InChI is InChI=1S/C19H16BrN3O/c20-17-7-3-4-14(10-17)12-22-23-19(24)13-21-18-9-8-15-5-1-2-6-16(15)11-18/h1-12,21H,13H2,(H,23,24)/b22-12+. The van der Waals surface area contributed by atoms with Gasteiger partial charge in [0.05, 0.1) is 12.8 Å². The highest BCUT2D eigenvalue weighted by Crippen LogP contribution is 2.18. The van der Waals surface area contributed by atoms with Crippen molar-refractivity contribution in [3.63, 3.8) is 0 Å². The van der Waals surface area contributed by atoms with E-state index in [0.717, 1.165) is 21.1 Å². The lowest BCUT2D eigenvalue weighted by atomic mass is 10.1. The molecule has 5 heteroatoms. The van der Waals surface area contributed by atoms with Gasteiger partial charge < -0.3 is 5.32 Å². The first-order valence-electron chi connectivity index (χ1n) is 7.51. The second-order valence-electron chi connectivity index (χ2n) is 5.26. The molecule has 120 valence electrons. The molecular weight excluding hydrogens is 366 g/mol. The largest absolute Gasteiger partial charge is 0.376 e. The highest BCUT2D eigenvalue weighted by molar-refractivity contribution is 9.10. The van der Waals surface area contributed by atoms with E-state index in [1.54, 1.807) is 6.21 Å². The Bertz CT molecular complexity index is 892. The van der Waals surface area contributed by atoms with Gasteiger partial charge in [-0.2, -0.15) is 5.10 Å². The number of fused-ring (bicyclic) bond motifs is 1. The number of nitrogens with zero attached hydrogens (tertiary/aromatic N) is 1. The van der Waals surface area contributed by atoms with E-state index in [2.05, 4.69) is 37.8 Å². The maximum absolute atomic E-state index is 11.8. The van der Waals surface area contributed by atoms with Crippen molar-refractivity contribution in [2.45, 2.75) is 0 Å². The molecule has 3 aromatic rings. The van der Waals surface area contributed by atoms with Gasteiger partial charge in [0.25, 0.3) is 5.91 Å². The molecule has 0 unspecified atom stereocenters. The molecule has 0 aliphatic rings. The van der Waals surface area contributed by atoms with Crippen molar-refractivity contribution >= 4 is 44.5 Å². The van der Waals surface area contributed by atoms with Crippen molar-refractivity contribution in [3.05, 3.63) is 76.8 Å². The van der Waals surface area contributed by atoms with Crippen molar-refractivity contribution in [3.8, 4) is 0 Å². The number of amides is 1. The summed E-state index contributed by atoms with van der Waals surface area (Å²) in [6.07, 6.45) is 1.61. The second-order valence-corrected chi connectivity index (χ2v) is 6.18. The van der Waals surface area contributed by atoms with Crippen LogP contribution in [0.2, 0.25) is 0 Å². The molecule has 0 radical (unpaired) electrons. The van der Waals surface area contributed by atoms with Crippen LogP contribution in [0.1, 0.15) is 5.56 Å². The van der Waals surface area contributed by atoms with Gasteiger partial charge in [-0.05, 0) is 40.6 Å². The fourth-order valence-corrected chi connectivity index (χ4v) is 2.70. The lowest BCUT2D eigenvalue weighted by molar-refractivity contribution is -0.119. The second kappa shape index (κ2) is 7.75. The molecule has 0 bridgehead atoms. The van der Waals surface area contributed by atoms with E-state index in [4.69, 9.17) is 0 Å². The van der Waals surface area contributed by atoms with Crippen LogP contribution in [-0.4, -0.2) is 18.7 Å². The molecule has 0 heterocycles. The number of nitrogens with one attached hydrogen (secondary N) is 2. The average Bonchev–Trinajstić information content (AvgIpc) is 2.60. The summed E-state index contributed by atoms with van der Waals surface area (Å²) in [5, 5.41) is 9.37. The topological polar surface area (TPSA) is 53.5 Å². The molecule has 0 spiro atoms. The van der Waals surface area contributed by atoms with Gasteiger partial charge >= 0.3 is 0 Å². The summed E-state index contributed by atoms with van der Waals surface area (Å²) in [5.74, 6) is -0.200. The summed E-state index contributed by atoms with van der Waals surface area (Å²) >= 11 is 3.39.